The molecule has 3 saturated heterocycles. The van der Waals surface area contributed by atoms with E-state index < -0.39 is 83.9 Å². The summed E-state index contributed by atoms with van der Waals surface area (Å²) in [4.78, 5) is 11.9. The fourth-order valence-electron chi connectivity index (χ4n) is 5.82. The molecule has 2 spiro atoms. The second-order valence-electron chi connectivity index (χ2n) is 7.82. The van der Waals surface area contributed by atoms with E-state index >= 15 is 0 Å². The molecular formula is C16H10F9NO3. The highest BCUT2D eigenvalue weighted by Gasteiger charge is 2.82. The Labute approximate surface area is 155 Å². The summed E-state index contributed by atoms with van der Waals surface area (Å²) in [6, 6.07) is 0. The molecular weight excluding hydrogens is 425 g/mol. The molecule has 5 aliphatic heterocycles. The zero-order chi connectivity index (χ0) is 21.4. The maximum Gasteiger partial charge on any atom is 0.471 e. The molecule has 0 aromatic rings. The predicted octanol–water partition coefficient (Wildman–Crippen LogP) is 2.90. The highest BCUT2D eigenvalue weighted by molar-refractivity contribution is 5.82. The summed E-state index contributed by atoms with van der Waals surface area (Å²) < 4.78 is 132. The average molecular weight is 435 g/mol. The van der Waals surface area contributed by atoms with Crippen LogP contribution >= 0.6 is 0 Å². The van der Waals surface area contributed by atoms with Gasteiger partial charge in [-0.2, -0.15) is 39.5 Å². The molecule has 4 nitrogen and oxygen atoms in total. The lowest BCUT2D eigenvalue weighted by atomic mass is 9.58. The molecule has 0 aromatic heterocycles. The van der Waals surface area contributed by atoms with E-state index in [1.165, 1.54) is 12.2 Å². The van der Waals surface area contributed by atoms with Crippen molar-refractivity contribution in [2.75, 3.05) is 13.1 Å². The molecule has 13 heteroatoms. The number of ether oxygens (including phenoxy) is 2. The molecule has 0 aliphatic carbocycles. The Morgan fingerprint density at radius 1 is 1.00 bits per heavy atom. The summed E-state index contributed by atoms with van der Waals surface area (Å²) in [5, 5.41) is 0. The zero-order valence-electron chi connectivity index (χ0n) is 14.0. The molecule has 29 heavy (non-hydrogen) atoms. The van der Waals surface area contributed by atoms with Gasteiger partial charge in [-0.25, -0.2) is 0 Å². The summed E-state index contributed by atoms with van der Waals surface area (Å²) in [5.41, 5.74) is -8.56. The number of alkyl halides is 9. The van der Waals surface area contributed by atoms with Gasteiger partial charge in [0.2, 0.25) is 0 Å². The number of fused-ring (bicyclic) bond motifs is 4. The quantitative estimate of drug-likeness (QED) is 0.434. The minimum absolute atomic E-state index is 0.0546. The summed E-state index contributed by atoms with van der Waals surface area (Å²) >= 11 is 0. The Bertz CT molecular complexity index is 872. The van der Waals surface area contributed by atoms with Gasteiger partial charge in [-0.05, 0) is 0 Å². The van der Waals surface area contributed by atoms with Gasteiger partial charge >= 0.3 is 24.4 Å². The molecule has 0 N–H and O–H groups in total. The maximum atomic E-state index is 13.8. The first-order valence-corrected chi connectivity index (χ1v) is 8.42. The first-order chi connectivity index (χ1) is 13.1. The van der Waals surface area contributed by atoms with E-state index in [-0.39, 0.29) is 4.90 Å². The van der Waals surface area contributed by atoms with E-state index in [9.17, 15) is 44.3 Å². The molecule has 4 bridgehead atoms. The molecule has 5 aliphatic rings. The van der Waals surface area contributed by atoms with Crippen LogP contribution in [0.5, 0.6) is 0 Å². The molecule has 5 heterocycles. The number of piperidine rings is 1. The number of nitrogens with zero attached hydrogens (tertiary/aromatic N) is 1. The van der Waals surface area contributed by atoms with E-state index in [0.29, 0.717) is 0 Å². The van der Waals surface area contributed by atoms with Gasteiger partial charge in [0.15, 0.2) is 0 Å². The number of carbonyl (C=O) groups excluding carboxylic acids is 1. The van der Waals surface area contributed by atoms with E-state index in [0.717, 1.165) is 0 Å². The number of carbonyl (C=O) groups is 1. The Morgan fingerprint density at radius 3 is 2.21 bits per heavy atom. The molecule has 0 saturated carbocycles. The highest BCUT2D eigenvalue weighted by Crippen LogP contribution is 2.70. The van der Waals surface area contributed by atoms with Gasteiger partial charge in [-0.15, -0.1) is 0 Å². The topological polar surface area (TPSA) is 38.8 Å². The average Bonchev–Trinajstić information content (AvgIpc) is 3.25. The number of hydrogen-bond donors (Lipinski definition) is 0. The maximum absolute atomic E-state index is 13.8. The van der Waals surface area contributed by atoms with Gasteiger partial charge in [0.1, 0.15) is 11.2 Å². The van der Waals surface area contributed by atoms with Crippen LogP contribution in [0.3, 0.4) is 0 Å². The van der Waals surface area contributed by atoms with Crippen LogP contribution in [0.15, 0.2) is 23.3 Å². The Morgan fingerprint density at radius 2 is 1.66 bits per heavy atom. The van der Waals surface area contributed by atoms with Crippen LogP contribution < -0.4 is 0 Å². The van der Waals surface area contributed by atoms with Gasteiger partial charge in [-0.1, -0.05) is 12.2 Å². The highest BCUT2D eigenvalue weighted by atomic mass is 19.4. The summed E-state index contributed by atoms with van der Waals surface area (Å²) in [6.07, 6.45) is -16.9. The lowest BCUT2D eigenvalue weighted by Gasteiger charge is -2.51. The normalized spacial score (nSPS) is 42.9. The standard InChI is InChI=1S/C16H10F9NO3/c17-14(18,19)7-8-6-5-1-2-12(28-5)3-26(11(27)16(23,24)25)4-13(29-8,9(6)12)10(7)15(20,21)22/h1-2,5-6,8-9H,3-4H2/t5-,6+,8-,9-,12-,13+/m1/s1. The number of amides is 1. The van der Waals surface area contributed by atoms with Gasteiger partial charge < -0.3 is 14.4 Å². The van der Waals surface area contributed by atoms with Crippen LogP contribution in [0.4, 0.5) is 39.5 Å². The van der Waals surface area contributed by atoms with Crippen molar-refractivity contribution in [1.29, 1.82) is 0 Å². The van der Waals surface area contributed by atoms with Crippen LogP contribution in [-0.4, -0.2) is 65.8 Å². The van der Waals surface area contributed by atoms with E-state index in [1.54, 1.807) is 0 Å². The number of likely N-dealkylation sites (tertiary alicyclic amines) is 1. The second kappa shape index (κ2) is 4.93. The van der Waals surface area contributed by atoms with Crippen molar-refractivity contribution in [3.05, 3.63) is 23.3 Å². The van der Waals surface area contributed by atoms with E-state index in [1.807, 2.05) is 0 Å². The summed E-state index contributed by atoms with van der Waals surface area (Å²) in [7, 11) is 0. The van der Waals surface area contributed by atoms with Crippen LogP contribution in [0.25, 0.3) is 0 Å². The van der Waals surface area contributed by atoms with Crippen molar-refractivity contribution in [2.24, 2.45) is 11.8 Å². The SMILES string of the molecule is O=C(N1C[C@@]23C=C[C@@H](O2)[C@@H]2[C@H]3[C@]3(C1)O[C@H]2C(C(F)(F)F)=C3C(F)(F)F)C(F)(F)F. The van der Waals surface area contributed by atoms with Crippen molar-refractivity contribution in [1.82, 2.24) is 4.90 Å². The third-order valence-electron chi connectivity index (χ3n) is 6.36. The fraction of sp³-hybridized carbons (Fsp3) is 0.688. The lowest BCUT2D eigenvalue weighted by molar-refractivity contribution is -0.204. The predicted molar refractivity (Wildman–Crippen MR) is 73.1 cm³/mol. The van der Waals surface area contributed by atoms with Crippen molar-refractivity contribution < 1.29 is 53.8 Å². The minimum Gasteiger partial charge on any atom is -0.361 e. The zero-order valence-corrected chi connectivity index (χ0v) is 14.0. The fourth-order valence-corrected chi connectivity index (χ4v) is 5.82. The largest absolute Gasteiger partial charge is 0.471 e. The summed E-state index contributed by atoms with van der Waals surface area (Å²) in [5.74, 6) is -4.88. The van der Waals surface area contributed by atoms with Crippen LogP contribution in [0.1, 0.15) is 0 Å². The first kappa shape index (κ1) is 19.2. The van der Waals surface area contributed by atoms with Crippen molar-refractivity contribution in [2.45, 2.75) is 41.9 Å². The van der Waals surface area contributed by atoms with Crippen LogP contribution in [-0.2, 0) is 14.3 Å². The lowest BCUT2D eigenvalue weighted by Crippen LogP contribution is -2.68. The van der Waals surface area contributed by atoms with Crippen molar-refractivity contribution >= 4 is 5.91 Å². The number of rotatable bonds is 0. The van der Waals surface area contributed by atoms with Crippen molar-refractivity contribution in [3.8, 4) is 0 Å². The van der Waals surface area contributed by atoms with Gasteiger partial charge in [-0.3, -0.25) is 4.79 Å². The van der Waals surface area contributed by atoms with Crippen LogP contribution in [0.2, 0.25) is 0 Å². The molecule has 5 rings (SSSR count). The summed E-state index contributed by atoms with van der Waals surface area (Å²) in [6.45, 7) is -2.01. The third kappa shape index (κ3) is 2.17. The third-order valence-corrected chi connectivity index (χ3v) is 6.36. The van der Waals surface area contributed by atoms with Gasteiger partial charge in [0, 0.05) is 11.8 Å². The molecule has 160 valence electrons. The molecule has 1 amide bonds. The second-order valence-corrected chi connectivity index (χ2v) is 7.82. The number of hydrogen-bond acceptors (Lipinski definition) is 3. The van der Waals surface area contributed by atoms with Gasteiger partial charge in [0.05, 0.1) is 36.4 Å². The minimum atomic E-state index is -5.53. The molecule has 0 unspecified atom stereocenters. The van der Waals surface area contributed by atoms with Gasteiger partial charge in [0.25, 0.3) is 0 Å². The monoisotopic (exact) mass is 435 g/mol. The Kier molecular flexibility index (Phi) is 3.27. The van der Waals surface area contributed by atoms with Crippen LogP contribution in [0, 0.1) is 11.8 Å². The molecule has 3 fully saturated rings. The number of halogens is 9. The molecule has 0 aromatic carbocycles. The Hall–Kier alpha value is -1.76. The van der Waals surface area contributed by atoms with E-state index in [4.69, 9.17) is 9.47 Å². The smallest absolute Gasteiger partial charge is 0.361 e. The molecule has 6 atom stereocenters. The van der Waals surface area contributed by atoms with E-state index in [2.05, 4.69) is 0 Å². The Balaban J connectivity index is 1.73. The van der Waals surface area contributed by atoms with Crippen molar-refractivity contribution in [3.63, 3.8) is 0 Å². The molecule has 0 radical (unpaired) electrons. The first-order valence-electron chi connectivity index (χ1n) is 8.42.